The maximum atomic E-state index is 14.3. The quantitative estimate of drug-likeness (QED) is 0.743. The molecule has 1 amide bonds. The molecular weight excluding hydrogens is 323 g/mol. The number of aromatic nitrogens is 4. The number of amides is 1. The normalized spacial score (nSPS) is 13.2. The summed E-state index contributed by atoms with van der Waals surface area (Å²) in [5.41, 5.74) is 7.11. The molecule has 0 aromatic carbocycles. The molecule has 0 saturated heterocycles. The van der Waals surface area contributed by atoms with Gasteiger partial charge in [-0.25, -0.2) is 8.91 Å². The van der Waals surface area contributed by atoms with Gasteiger partial charge in [0.05, 0.1) is 34.7 Å². The zero-order valence-corrected chi connectivity index (χ0v) is 14.6. The van der Waals surface area contributed by atoms with E-state index in [1.807, 2.05) is 25.4 Å². The van der Waals surface area contributed by atoms with Crippen LogP contribution in [0.4, 0.5) is 10.1 Å². The SMILES string of the molecule is C[C@@H](Nc1c(C(N)=O)cnn2cc(-c3ccnn3C)cc12)C(C)(C)F. The minimum atomic E-state index is -1.48. The number of carbonyl (C=O) groups is 1. The third-order valence-electron chi connectivity index (χ3n) is 4.41. The van der Waals surface area contributed by atoms with Gasteiger partial charge in [0.1, 0.15) is 5.67 Å². The van der Waals surface area contributed by atoms with Gasteiger partial charge < -0.3 is 11.1 Å². The topological polar surface area (TPSA) is 90.2 Å². The van der Waals surface area contributed by atoms with Gasteiger partial charge in [0.2, 0.25) is 0 Å². The standard InChI is InChI=1S/C17H21FN6O/c1-10(17(2,3)18)22-15-12(16(19)25)8-21-24-9-11(7-14(15)24)13-5-6-20-23(13)4/h5-10,22H,1-4H3,(H2,19,25)/t10-/m1/s1. The van der Waals surface area contributed by atoms with Gasteiger partial charge >= 0.3 is 0 Å². The lowest BCUT2D eigenvalue weighted by Crippen LogP contribution is -2.36. The van der Waals surface area contributed by atoms with Crippen LogP contribution in [0.1, 0.15) is 31.1 Å². The first kappa shape index (κ1) is 16.9. The van der Waals surface area contributed by atoms with Crippen LogP contribution in [0.3, 0.4) is 0 Å². The van der Waals surface area contributed by atoms with E-state index in [1.165, 1.54) is 20.0 Å². The molecule has 3 aromatic rings. The predicted molar refractivity (Wildman–Crippen MR) is 94.2 cm³/mol. The first-order valence-electron chi connectivity index (χ1n) is 7.93. The highest BCUT2D eigenvalue weighted by Crippen LogP contribution is 2.30. The van der Waals surface area contributed by atoms with Crippen LogP contribution in [0.5, 0.6) is 0 Å². The first-order chi connectivity index (χ1) is 11.7. The molecule has 3 rings (SSSR count). The number of rotatable bonds is 5. The number of hydrogen-bond acceptors (Lipinski definition) is 4. The summed E-state index contributed by atoms with van der Waals surface area (Å²) in [5.74, 6) is -0.621. The van der Waals surface area contributed by atoms with Gasteiger partial charge in [0.15, 0.2) is 0 Å². The van der Waals surface area contributed by atoms with E-state index >= 15 is 0 Å². The number of nitrogens with one attached hydrogen (secondary N) is 1. The average Bonchev–Trinajstić information content (AvgIpc) is 3.11. The summed E-state index contributed by atoms with van der Waals surface area (Å²) in [6, 6.07) is 3.22. The number of nitrogens with two attached hydrogens (primary N) is 1. The maximum absolute atomic E-state index is 14.3. The highest BCUT2D eigenvalue weighted by Gasteiger charge is 2.27. The number of nitrogens with zero attached hydrogens (tertiary/aromatic N) is 4. The van der Waals surface area contributed by atoms with Crippen molar-refractivity contribution in [3.05, 3.63) is 36.3 Å². The number of primary amides is 1. The summed E-state index contributed by atoms with van der Waals surface area (Å²) in [7, 11) is 1.84. The number of aryl methyl sites for hydroxylation is 1. The van der Waals surface area contributed by atoms with Crippen molar-refractivity contribution >= 4 is 17.1 Å². The van der Waals surface area contributed by atoms with E-state index in [4.69, 9.17) is 5.73 Å². The Kier molecular flexibility index (Phi) is 3.98. The fraction of sp³-hybridized carbons (Fsp3) is 0.353. The molecule has 0 aliphatic carbocycles. The van der Waals surface area contributed by atoms with Gasteiger partial charge in [-0.1, -0.05) is 0 Å². The second-order valence-corrected chi connectivity index (χ2v) is 6.63. The van der Waals surface area contributed by atoms with Gasteiger partial charge in [0, 0.05) is 25.0 Å². The van der Waals surface area contributed by atoms with Gasteiger partial charge in [-0.05, 0) is 32.9 Å². The Morgan fingerprint density at radius 1 is 1.40 bits per heavy atom. The number of halogens is 1. The Balaban J connectivity index is 2.17. The Bertz CT molecular complexity index is 936. The minimum absolute atomic E-state index is 0.221. The number of anilines is 1. The monoisotopic (exact) mass is 344 g/mol. The molecule has 0 unspecified atom stereocenters. The molecule has 3 aromatic heterocycles. The van der Waals surface area contributed by atoms with Crippen LogP contribution in [0.25, 0.3) is 16.8 Å². The van der Waals surface area contributed by atoms with Crippen molar-refractivity contribution in [2.24, 2.45) is 12.8 Å². The van der Waals surface area contributed by atoms with Crippen LogP contribution in [0, 0.1) is 0 Å². The van der Waals surface area contributed by atoms with Gasteiger partial charge in [-0.3, -0.25) is 9.48 Å². The molecule has 25 heavy (non-hydrogen) atoms. The molecule has 0 saturated carbocycles. The van der Waals surface area contributed by atoms with Crippen LogP contribution < -0.4 is 11.1 Å². The number of hydrogen-bond donors (Lipinski definition) is 2. The molecule has 0 bridgehead atoms. The summed E-state index contributed by atoms with van der Waals surface area (Å²) < 4.78 is 17.6. The number of fused-ring (bicyclic) bond motifs is 1. The summed E-state index contributed by atoms with van der Waals surface area (Å²) in [5, 5.41) is 11.5. The van der Waals surface area contributed by atoms with Crippen molar-refractivity contribution in [1.82, 2.24) is 19.4 Å². The smallest absolute Gasteiger partial charge is 0.252 e. The fourth-order valence-electron chi connectivity index (χ4n) is 2.58. The maximum Gasteiger partial charge on any atom is 0.252 e. The second-order valence-electron chi connectivity index (χ2n) is 6.63. The van der Waals surface area contributed by atoms with Crippen LogP contribution in [0.2, 0.25) is 0 Å². The van der Waals surface area contributed by atoms with Crippen molar-refractivity contribution in [1.29, 1.82) is 0 Å². The van der Waals surface area contributed by atoms with Gasteiger partial charge in [-0.2, -0.15) is 10.2 Å². The molecule has 8 heteroatoms. The van der Waals surface area contributed by atoms with Crippen molar-refractivity contribution in [3.8, 4) is 11.3 Å². The Morgan fingerprint density at radius 3 is 2.68 bits per heavy atom. The average molecular weight is 344 g/mol. The predicted octanol–water partition coefficient (Wildman–Crippen LogP) is 2.38. The molecule has 0 aliphatic rings. The van der Waals surface area contributed by atoms with E-state index in [0.29, 0.717) is 11.2 Å². The van der Waals surface area contributed by atoms with Crippen molar-refractivity contribution in [2.45, 2.75) is 32.5 Å². The van der Waals surface area contributed by atoms with E-state index in [9.17, 15) is 9.18 Å². The van der Waals surface area contributed by atoms with E-state index in [-0.39, 0.29) is 5.56 Å². The molecule has 3 N–H and O–H groups in total. The molecule has 0 spiro atoms. The molecule has 132 valence electrons. The summed E-state index contributed by atoms with van der Waals surface area (Å²) in [6.07, 6.45) is 4.92. The van der Waals surface area contributed by atoms with Crippen LogP contribution in [-0.4, -0.2) is 37.0 Å². The van der Waals surface area contributed by atoms with Crippen LogP contribution in [-0.2, 0) is 7.05 Å². The summed E-state index contributed by atoms with van der Waals surface area (Å²) >= 11 is 0. The third kappa shape index (κ3) is 3.07. The summed E-state index contributed by atoms with van der Waals surface area (Å²) in [4.78, 5) is 11.8. The van der Waals surface area contributed by atoms with E-state index in [2.05, 4.69) is 15.5 Å². The molecular formula is C17H21FN6O. The van der Waals surface area contributed by atoms with E-state index in [1.54, 1.807) is 22.3 Å². The van der Waals surface area contributed by atoms with Crippen LogP contribution >= 0.6 is 0 Å². The largest absolute Gasteiger partial charge is 0.377 e. The van der Waals surface area contributed by atoms with Crippen molar-refractivity contribution < 1.29 is 9.18 Å². The second kappa shape index (κ2) is 5.87. The lowest BCUT2D eigenvalue weighted by atomic mass is 10.0. The number of carbonyl (C=O) groups excluding carboxylic acids is 1. The van der Waals surface area contributed by atoms with Crippen molar-refractivity contribution in [2.75, 3.05) is 5.32 Å². The first-order valence-corrected chi connectivity index (χ1v) is 7.93. The molecule has 7 nitrogen and oxygen atoms in total. The third-order valence-corrected chi connectivity index (χ3v) is 4.41. The molecule has 0 radical (unpaired) electrons. The van der Waals surface area contributed by atoms with Crippen molar-refractivity contribution in [3.63, 3.8) is 0 Å². The highest BCUT2D eigenvalue weighted by atomic mass is 19.1. The summed E-state index contributed by atoms with van der Waals surface area (Å²) in [6.45, 7) is 4.67. The Hall–Kier alpha value is -2.90. The lowest BCUT2D eigenvalue weighted by Gasteiger charge is -2.26. The zero-order valence-electron chi connectivity index (χ0n) is 14.6. The number of alkyl halides is 1. The van der Waals surface area contributed by atoms with E-state index < -0.39 is 17.6 Å². The molecule has 1 atom stereocenters. The fourth-order valence-corrected chi connectivity index (χ4v) is 2.58. The zero-order chi connectivity index (χ0) is 18.4. The van der Waals surface area contributed by atoms with Gasteiger partial charge in [0.25, 0.3) is 5.91 Å². The minimum Gasteiger partial charge on any atom is -0.377 e. The van der Waals surface area contributed by atoms with Gasteiger partial charge in [-0.15, -0.1) is 0 Å². The van der Waals surface area contributed by atoms with Crippen LogP contribution in [0.15, 0.2) is 30.7 Å². The lowest BCUT2D eigenvalue weighted by molar-refractivity contribution is 0.1000. The van der Waals surface area contributed by atoms with E-state index in [0.717, 1.165) is 11.3 Å². The molecule has 0 aliphatic heterocycles. The Labute approximate surface area is 144 Å². The Morgan fingerprint density at radius 2 is 2.12 bits per heavy atom. The molecule has 3 heterocycles. The molecule has 0 fully saturated rings. The highest BCUT2D eigenvalue weighted by molar-refractivity contribution is 6.02.